The summed E-state index contributed by atoms with van der Waals surface area (Å²) < 4.78 is 5.10. The SMILES string of the molecule is COCc1ccc(CNCCCCCCSC)cc1. The normalized spacial score (nSPS) is 10.8. The van der Waals surface area contributed by atoms with Gasteiger partial charge in [-0.05, 0) is 42.5 Å². The van der Waals surface area contributed by atoms with E-state index < -0.39 is 0 Å². The van der Waals surface area contributed by atoms with Gasteiger partial charge in [-0.25, -0.2) is 0 Å². The van der Waals surface area contributed by atoms with E-state index in [9.17, 15) is 0 Å². The highest BCUT2D eigenvalue weighted by Crippen LogP contribution is 2.06. The molecule has 0 spiro atoms. The number of rotatable bonds is 11. The lowest BCUT2D eigenvalue weighted by molar-refractivity contribution is 0.185. The molecule has 0 aliphatic carbocycles. The Morgan fingerprint density at radius 2 is 1.68 bits per heavy atom. The first-order chi connectivity index (χ1) is 9.36. The van der Waals surface area contributed by atoms with E-state index in [0.29, 0.717) is 6.61 Å². The monoisotopic (exact) mass is 281 g/mol. The van der Waals surface area contributed by atoms with Crippen molar-refractivity contribution in [2.45, 2.75) is 38.8 Å². The third-order valence-electron chi connectivity index (χ3n) is 3.12. The second-order valence-corrected chi connectivity index (χ2v) is 5.82. The lowest BCUT2D eigenvalue weighted by Gasteiger charge is -2.06. The van der Waals surface area contributed by atoms with E-state index >= 15 is 0 Å². The first-order valence-electron chi connectivity index (χ1n) is 7.13. The minimum atomic E-state index is 0.698. The van der Waals surface area contributed by atoms with Gasteiger partial charge >= 0.3 is 0 Å². The fourth-order valence-corrected chi connectivity index (χ4v) is 2.50. The van der Waals surface area contributed by atoms with Crippen LogP contribution < -0.4 is 5.32 Å². The van der Waals surface area contributed by atoms with Gasteiger partial charge in [0.25, 0.3) is 0 Å². The molecule has 19 heavy (non-hydrogen) atoms. The van der Waals surface area contributed by atoms with Crippen LogP contribution in [-0.2, 0) is 17.9 Å². The van der Waals surface area contributed by atoms with Crippen LogP contribution in [0.3, 0.4) is 0 Å². The van der Waals surface area contributed by atoms with Gasteiger partial charge in [0.1, 0.15) is 0 Å². The van der Waals surface area contributed by atoms with Crippen LogP contribution in [0.25, 0.3) is 0 Å². The first-order valence-corrected chi connectivity index (χ1v) is 8.52. The zero-order valence-electron chi connectivity index (χ0n) is 12.3. The quantitative estimate of drug-likeness (QED) is 0.623. The van der Waals surface area contributed by atoms with E-state index in [4.69, 9.17) is 4.74 Å². The molecule has 2 nitrogen and oxygen atoms in total. The highest BCUT2D eigenvalue weighted by atomic mass is 32.2. The van der Waals surface area contributed by atoms with Crippen molar-refractivity contribution >= 4 is 11.8 Å². The van der Waals surface area contributed by atoms with Crippen LogP contribution in [0.2, 0.25) is 0 Å². The minimum absolute atomic E-state index is 0.698. The van der Waals surface area contributed by atoms with E-state index in [1.54, 1.807) is 7.11 Å². The Balaban J connectivity index is 2.02. The van der Waals surface area contributed by atoms with Crippen LogP contribution in [0.4, 0.5) is 0 Å². The fraction of sp³-hybridized carbons (Fsp3) is 0.625. The molecule has 0 aliphatic heterocycles. The number of unbranched alkanes of at least 4 members (excludes halogenated alkanes) is 3. The molecule has 0 bridgehead atoms. The lowest BCUT2D eigenvalue weighted by atomic mass is 10.1. The van der Waals surface area contributed by atoms with E-state index in [0.717, 1.165) is 13.1 Å². The van der Waals surface area contributed by atoms with Crippen molar-refractivity contribution in [2.75, 3.05) is 25.7 Å². The molecule has 3 heteroatoms. The molecule has 0 unspecified atom stereocenters. The van der Waals surface area contributed by atoms with Crippen molar-refractivity contribution in [3.8, 4) is 0 Å². The summed E-state index contributed by atoms with van der Waals surface area (Å²) in [6.07, 6.45) is 7.55. The van der Waals surface area contributed by atoms with Crippen LogP contribution in [0.5, 0.6) is 0 Å². The van der Waals surface area contributed by atoms with Gasteiger partial charge in [-0.15, -0.1) is 0 Å². The predicted octanol–water partition coefficient (Wildman–Crippen LogP) is 3.85. The highest BCUT2D eigenvalue weighted by molar-refractivity contribution is 7.98. The average Bonchev–Trinajstić information content (AvgIpc) is 2.44. The summed E-state index contributed by atoms with van der Waals surface area (Å²) in [5, 5.41) is 3.51. The van der Waals surface area contributed by atoms with E-state index in [1.807, 2.05) is 11.8 Å². The molecule has 0 saturated carbocycles. The molecular formula is C16H27NOS. The molecule has 0 fully saturated rings. The van der Waals surface area contributed by atoms with Gasteiger partial charge in [0.15, 0.2) is 0 Å². The van der Waals surface area contributed by atoms with Gasteiger partial charge in [-0.1, -0.05) is 37.1 Å². The van der Waals surface area contributed by atoms with Gasteiger partial charge < -0.3 is 10.1 Å². The second-order valence-electron chi connectivity index (χ2n) is 4.83. The number of thioether (sulfide) groups is 1. The zero-order valence-corrected chi connectivity index (χ0v) is 13.1. The Labute approximate surface area is 122 Å². The third-order valence-corrected chi connectivity index (χ3v) is 3.81. The van der Waals surface area contributed by atoms with Crippen molar-refractivity contribution in [1.29, 1.82) is 0 Å². The van der Waals surface area contributed by atoms with E-state index in [2.05, 4.69) is 35.8 Å². The molecule has 1 aromatic carbocycles. The maximum absolute atomic E-state index is 5.10. The summed E-state index contributed by atoms with van der Waals surface area (Å²) in [6.45, 7) is 2.79. The molecule has 1 N–H and O–H groups in total. The van der Waals surface area contributed by atoms with Crippen LogP contribution in [-0.4, -0.2) is 25.7 Å². The molecule has 0 saturated heterocycles. The first kappa shape index (κ1) is 16.5. The molecule has 1 rings (SSSR count). The molecule has 0 aliphatic rings. The second kappa shape index (κ2) is 11.3. The number of nitrogens with one attached hydrogen (secondary N) is 1. The largest absolute Gasteiger partial charge is 0.380 e. The molecule has 0 atom stereocenters. The number of methoxy groups -OCH3 is 1. The number of ether oxygens (including phenoxy) is 1. The summed E-state index contributed by atoms with van der Waals surface area (Å²) in [6, 6.07) is 8.64. The molecule has 0 amide bonds. The standard InChI is InChI=1S/C16H27NOS/c1-18-14-16-9-7-15(8-10-16)13-17-11-5-3-4-6-12-19-2/h7-10,17H,3-6,11-14H2,1-2H3. The summed E-state index contributed by atoms with van der Waals surface area (Å²) in [5.41, 5.74) is 2.59. The Bertz CT molecular complexity index is 313. The predicted molar refractivity (Wildman–Crippen MR) is 85.7 cm³/mol. The zero-order chi connectivity index (χ0) is 13.8. The summed E-state index contributed by atoms with van der Waals surface area (Å²) in [4.78, 5) is 0. The topological polar surface area (TPSA) is 21.3 Å². The average molecular weight is 281 g/mol. The Hall–Kier alpha value is -0.510. The van der Waals surface area contributed by atoms with Crippen molar-refractivity contribution in [2.24, 2.45) is 0 Å². The molecule has 0 heterocycles. The van der Waals surface area contributed by atoms with Crippen molar-refractivity contribution in [3.05, 3.63) is 35.4 Å². The molecule has 0 radical (unpaired) electrons. The number of hydrogen-bond acceptors (Lipinski definition) is 3. The van der Waals surface area contributed by atoms with Gasteiger partial charge in [-0.2, -0.15) is 11.8 Å². The molecule has 108 valence electrons. The molecule has 1 aromatic rings. The van der Waals surface area contributed by atoms with Crippen molar-refractivity contribution < 1.29 is 4.74 Å². The summed E-state index contributed by atoms with van der Waals surface area (Å²) >= 11 is 1.95. The van der Waals surface area contributed by atoms with Crippen LogP contribution in [0, 0.1) is 0 Å². The van der Waals surface area contributed by atoms with Gasteiger partial charge in [0, 0.05) is 13.7 Å². The number of benzene rings is 1. The minimum Gasteiger partial charge on any atom is -0.380 e. The van der Waals surface area contributed by atoms with Gasteiger partial charge in [-0.3, -0.25) is 0 Å². The van der Waals surface area contributed by atoms with Crippen molar-refractivity contribution in [3.63, 3.8) is 0 Å². The lowest BCUT2D eigenvalue weighted by Crippen LogP contribution is -2.14. The molecule has 0 aromatic heterocycles. The maximum atomic E-state index is 5.10. The van der Waals surface area contributed by atoms with Gasteiger partial charge in [0.2, 0.25) is 0 Å². The van der Waals surface area contributed by atoms with E-state index in [-0.39, 0.29) is 0 Å². The van der Waals surface area contributed by atoms with Gasteiger partial charge in [0.05, 0.1) is 6.61 Å². The summed E-state index contributed by atoms with van der Waals surface area (Å²) in [5.74, 6) is 1.31. The summed E-state index contributed by atoms with van der Waals surface area (Å²) in [7, 11) is 1.73. The van der Waals surface area contributed by atoms with E-state index in [1.165, 1.54) is 42.6 Å². The molecular weight excluding hydrogens is 254 g/mol. The maximum Gasteiger partial charge on any atom is 0.0713 e. The Morgan fingerprint density at radius 3 is 2.37 bits per heavy atom. The smallest absolute Gasteiger partial charge is 0.0713 e. The Morgan fingerprint density at radius 1 is 1.00 bits per heavy atom. The number of hydrogen-bond donors (Lipinski definition) is 1. The third kappa shape index (κ3) is 8.30. The Kier molecular flexibility index (Phi) is 9.86. The van der Waals surface area contributed by atoms with Crippen LogP contribution >= 0.6 is 11.8 Å². The van der Waals surface area contributed by atoms with Crippen LogP contribution in [0.15, 0.2) is 24.3 Å². The fourth-order valence-electron chi connectivity index (χ4n) is 2.00. The van der Waals surface area contributed by atoms with Crippen molar-refractivity contribution in [1.82, 2.24) is 5.32 Å². The van der Waals surface area contributed by atoms with Crippen LogP contribution in [0.1, 0.15) is 36.8 Å². The highest BCUT2D eigenvalue weighted by Gasteiger charge is 1.95.